The lowest BCUT2D eigenvalue weighted by atomic mass is 10.1. The van der Waals surface area contributed by atoms with E-state index in [1.165, 1.54) is 0 Å². The average molecular weight is 428 g/mol. The van der Waals surface area contributed by atoms with E-state index in [0.717, 1.165) is 11.3 Å². The molecule has 0 unspecified atom stereocenters. The van der Waals surface area contributed by atoms with Crippen molar-refractivity contribution < 1.29 is 9.53 Å². The third-order valence-electron chi connectivity index (χ3n) is 5.00. The monoisotopic (exact) mass is 427 g/mol. The maximum atomic E-state index is 13.5. The molecule has 0 aliphatic heterocycles. The molecule has 0 N–H and O–H groups in total. The van der Waals surface area contributed by atoms with Crippen molar-refractivity contribution >= 4 is 11.6 Å². The average Bonchev–Trinajstić information content (AvgIpc) is 3.31. The molecule has 1 heterocycles. The first-order valence-corrected chi connectivity index (χ1v) is 10.5. The van der Waals surface area contributed by atoms with Gasteiger partial charge in [0.2, 0.25) is 0 Å². The number of carbonyl (C=O) groups is 1. The molecule has 32 heavy (non-hydrogen) atoms. The van der Waals surface area contributed by atoms with Gasteiger partial charge >= 0.3 is 0 Å². The van der Waals surface area contributed by atoms with Crippen LogP contribution in [0, 0.1) is 0 Å². The number of hydrogen-bond acceptors (Lipinski definition) is 5. The predicted molar refractivity (Wildman–Crippen MR) is 122 cm³/mol. The van der Waals surface area contributed by atoms with Crippen LogP contribution in [0.15, 0.2) is 84.9 Å². The molecular formula is C25H25N5O2. The second-order valence-electron chi connectivity index (χ2n) is 7.66. The highest BCUT2D eigenvalue weighted by atomic mass is 16.5. The standard InChI is InChI=1S/C25H25N5O2/c1-19(2)30-24(26-27-28-30)18-32-23-15-9-12-21(16-23)25(31)29(22-13-7-4-8-14-22)17-20-10-5-3-6-11-20/h3-16,19H,17-18H2,1-2H3. The fourth-order valence-electron chi connectivity index (χ4n) is 3.39. The molecule has 0 saturated carbocycles. The van der Waals surface area contributed by atoms with E-state index in [9.17, 15) is 4.79 Å². The maximum Gasteiger partial charge on any atom is 0.258 e. The Hall–Kier alpha value is -4.00. The van der Waals surface area contributed by atoms with E-state index in [1.54, 1.807) is 21.7 Å². The molecule has 0 aliphatic rings. The molecule has 4 rings (SSSR count). The number of anilines is 1. The third-order valence-corrected chi connectivity index (χ3v) is 5.00. The zero-order valence-electron chi connectivity index (χ0n) is 18.1. The van der Waals surface area contributed by atoms with Gasteiger partial charge in [0.25, 0.3) is 5.91 Å². The zero-order chi connectivity index (χ0) is 22.3. The normalized spacial score (nSPS) is 10.8. The van der Waals surface area contributed by atoms with E-state index >= 15 is 0 Å². The van der Waals surface area contributed by atoms with Crippen LogP contribution in [0.4, 0.5) is 5.69 Å². The van der Waals surface area contributed by atoms with Crippen LogP contribution >= 0.6 is 0 Å². The van der Waals surface area contributed by atoms with Crippen molar-refractivity contribution in [3.63, 3.8) is 0 Å². The van der Waals surface area contributed by atoms with E-state index in [1.807, 2.05) is 86.6 Å². The van der Waals surface area contributed by atoms with E-state index in [2.05, 4.69) is 15.5 Å². The highest BCUT2D eigenvalue weighted by Gasteiger charge is 2.19. The van der Waals surface area contributed by atoms with Gasteiger partial charge in [-0.05, 0) is 60.2 Å². The van der Waals surface area contributed by atoms with Gasteiger partial charge in [-0.2, -0.15) is 0 Å². The fraction of sp³-hybridized carbons (Fsp3) is 0.200. The van der Waals surface area contributed by atoms with Crippen molar-refractivity contribution in [3.8, 4) is 5.75 Å². The summed E-state index contributed by atoms with van der Waals surface area (Å²) < 4.78 is 7.62. The van der Waals surface area contributed by atoms with Crippen molar-refractivity contribution in [2.75, 3.05) is 4.90 Å². The number of hydrogen-bond donors (Lipinski definition) is 0. The molecule has 1 amide bonds. The van der Waals surface area contributed by atoms with Crippen LogP contribution in [0.5, 0.6) is 5.75 Å². The quantitative estimate of drug-likeness (QED) is 0.408. The van der Waals surface area contributed by atoms with Crippen molar-refractivity contribution in [1.82, 2.24) is 20.2 Å². The van der Waals surface area contributed by atoms with Crippen LogP contribution in [0.25, 0.3) is 0 Å². The molecule has 162 valence electrons. The summed E-state index contributed by atoms with van der Waals surface area (Å²) in [5.41, 5.74) is 2.44. The Morgan fingerprint density at radius 2 is 1.69 bits per heavy atom. The van der Waals surface area contributed by atoms with Crippen LogP contribution in [-0.2, 0) is 13.2 Å². The predicted octanol–water partition coefficient (Wildman–Crippen LogP) is 4.68. The summed E-state index contributed by atoms with van der Waals surface area (Å²) in [5, 5.41) is 11.7. The van der Waals surface area contributed by atoms with Crippen LogP contribution in [-0.4, -0.2) is 26.1 Å². The molecule has 0 saturated heterocycles. The zero-order valence-corrected chi connectivity index (χ0v) is 18.1. The second-order valence-corrected chi connectivity index (χ2v) is 7.66. The highest BCUT2D eigenvalue weighted by molar-refractivity contribution is 6.06. The van der Waals surface area contributed by atoms with Gasteiger partial charge in [-0.3, -0.25) is 4.79 Å². The number of aromatic nitrogens is 4. The van der Waals surface area contributed by atoms with Crippen LogP contribution in [0.1, 0.15) is 41.6 Å². The van der Waals surface area contributed by atoms with Crippen molar-refractivity contribution in [3.05, 3.63) is 102 Å². The number of ether oxygens (including phenoxy) is 1. The number of para-hydroxylation sites is 1. The Morgan fingerprint density at radius 3 is 2.41 bits per heavy atom. The molecule has 3 aromatic carbocycles. The Morgan fingerprint density at radius 1 is 0.969 bits per heavy atom. The SMILES string of the molecule is CC(C)n1nnnc1COc1cccc(C(=O)N(Cc2ccccc2)c2ccccc2)c1. The van der Waals surface area contributed by atoms with Gasteiger partial charge in [-0.15, -0.1) is 5.10 Å². The van der Waals surface area contributed by atoms with Gasteiger partial charge in [0.05, 0.1) is 12.6 Å². The van der Waals surface area contributed by atoms with Gasteiger partial charge in [0.1, 0.15) is 12.4 Å². The number of rotatable bonds is 8. The van der Waals surface area contributed by atoms with Crippen LogP contribution in [0.3, 0.4) is 0 Å². The van der Waals surface area contributed by atoms with E-state index < -0.39 is 0 Å². The van der Waals surface area contributed by atoms with Gasteiger partial charge < -0.3 is 9.64 Å². The Bertz CT molecular complexity index is 1160. The largest absolute Gasteiger partial charge is 0.486 e. The minimum atomic E-state index is -0.0995. The van der Waals surface area contributed by atoms with Gasteiger partial charge in [-0.1, -0.05) is 54.6 Å². The lowest BCUT2D eigenvalue weighted by molar-refractivity contribution is 0.0984. The molecule has 7 nitrogen and oxygen atoms in total. The first-order chi connectivity index (χ1) is 15.6. The molecule has 7 heteroatoms. The molecule has 0 bridgehead atoms. The van der Waals surface area contributed by atoms with Crippen molar-refractivity contribution in [2.24, 2.45) is 0 Å². The molecule has 0 radical (unpaired) electrons. The number of benzene rings is 3. The summed E-state index contributed by atoms with van der Waals surface area (Å²) in [4.78, 5) is 15.3. The lowest BCUT2D eigenvalue weighted by Crippen LogP contribution is -2.30. The smallest absolute Gasteiger partial charge is 0.258 e. The Labute approximate surface area is 187 Å². The van der Waals surface area contributed by atoms with Crippen molar-refractivity contribution in [2.45, 2.75) is 33.0 Å². The van der Waals surface area contributed by atoms with Gasteiger partial charge in [0, 0.05) is 11.3 Å². The summed E-state index contributed by atoms with van der Waals surface area (Å²) in [5.74, 6) is 1.12. The summed E-state index contributed by atoms with van der Waals surface area (Å²) in [6, 6.07) is 27.0. The minimum Gasteiger partial charge on any atom is -0.486 e. The summed E-state index contributed by atoms with van der Waals surface area (Å²) in [7, 11) is 0. The number of nitrogens with zero attached hydrogens (tertiary/aromatic N) is 5. The Balaban J connectivity index is 1.55. The molecular weight excluding hydrogens is 402 g/mol. The first kappa shape index (κ1) is 21.2. The van der Waals surface area contributed by atoms with E-state index in [-0.39, 0.29) is 18.6 Å². The molecule has 0 fully saturated rings. The van der Waals surface area contributed by atoms with Crippen molar-refractivity contribution in [1.29, 1.82) is 0 Å². The first-order valence-electron chi connectivity index (χ1n) is 10.5. The summed E-state index contributed by atoms with van der Waals surface area (Å²) >= 11 is 0. The van der Waals surface area contributed by atoms with E-state index in [4.69, 9.17) is 4.74 Å². The summed E-state index contributed by atoms with van der Waals surface area (Å²) in [6.45, 7) is 4.70. The molecule has 1 aromatic heterocycles. The molecule has 0 spiro atoms. The number of carbonyl (C=O) groups excluding carboxylic acids is 1. The lowest BCUT2D eigenvalue weighted by Gasteiger charge is -2.23. The maximum absolute atomic E-state index is 13.5. The third kappa shape index (κ3) is 5.00. The number of tetrazole rings is 1. The van der Waals surface area contributed by atoms with Gasteiger partial charge in [-0.25, -0.2) is 4.68 Å². The summed E-state index contributed by atoms with van der Waals surface area (Å²) in [6.07, 6.45) is 0. The molecule has 4 aromatic rings. The highest BCUT2D eigenvalue weighted by Crippen LogP contribution is 2.22. The minimum absolute atomic E-state index is 0.0995. The molecule has 0 atom stereocenters. The Kier molecular flexibility index (Phi) is 6.55. The fourth-order valence-corrected chi connectivity index (χ4v) is 3.39. The van der Waals surface area contributed by atoms with E-state index in [0.29, 0.717) is 23.7 Å². The second kappa shape index (κ2) is 9.87. The van der Waals surface area contributed by atoms with Crippen LogP contribution < -0.4 is 9.64 Å². The topological polar surface area (TPSA) is 73.1 Å². The molecule has 0 aliphatic carbocycles. The van der Waals surface area contributed by atoms with Gasteiger partial charge in [0.15, 0.2) is 5.82 Å². The van der Waals surface area contributed by atoms with Crippen LogP contribution in [0.2, 0.25) is 0 Å². The number of amides is 1.